The normalized spacial score (nSPS) is 18.8. The smallest absolute Gasteiger partial charge is 0.161 e. The molecule has 3 nitrogen and oxygen atoms in total. The van der Waals surface area contributed by atoms with E-state index in [0.717, 1.165) is 31.0 Å². The highest BCUT2D eigenvalue weighted by molar-refractivity contribution is 5.54. The van der Waals surface area contributed by atoms with Crippen LogP contribution in [0, 0.1) is 0 Å². The highest BCUT2D eigenvalue weighted by Crippen LogP contribution is 2.45. The summed E-state index contributed by atoms with van der Waals surface area (Å²) in [5.74, 6) is 2.03. The third-order valence-electron chi connectivity index (χ3n) is 5.44. The largest absolute Gasteiger partial charge is 0.493 e. The molecule has 0 bridgehead atoms. The highest BCUT2D eigenvalue weighted by Gasteiger charge is 2.37. The van der Waals surface area contributed by atoms with Crippen molar-refractivity contribution in [2.24, 2.45) is 0 Å². The van der Waals surface area contributed by atoms with E-state index >= 15 is 0 Å². The van der Waals surface area contributed by atoms with E-state index in [9.17, 15) is 0 Å². The monoisotopic (exact) mass is 353 g/mol. The number of ether oxygens (including phenoxy) is 2. The quantitative estimate of drug-likeness (QED) is 0.675. The second-order valence-electron chi connectivity index (χ2n) is 7.10. The minimum Gasteiger partial charge on any atom is -0.493 e. The molecule has 0 radical (unpaired) electrons. The summed E-state index contributed by atoms with van der Waals surface area (Å²) in [5, 5.41) is 0. The van der Waals surface area contributed by atoms with Crippen LogP contribution in [0.15, 0.2) is 42.5 Å². The van der Waals surface area contributed by atoms with Crippen LogP contribution in [0.2, 0.25) is 0 Å². The number of fused-ring (bicyclic) bond motifs is 1. The van der Waals surface area contributed by atoms with Gasteiger partial charge in [0, 0.05) is 12.0 Å². The molecule has 1 aliphatic rings. The summed E-state index contributed by atoms with van der Waals surface area (Å²) in [6.45, 7) is 6.83. The van der Waals surface area contributed by atoms with Crippen molar-refractivity contribution in [1.29, 1.82) is 0 Å². The molecule has 0 fully saturated rings. The van der Waals surface area contributed by atoms with Crippen LogP contribution < -0.4 is 9.47 Å². The van der Waals surface area contributed by atoms with Crippen LogP contribution in [0.5, 0.6) is 11.5 Å². The zero-order chi connectivity index (χ0) is 18.5. The minimum absolute atomic E-state index is 0.379. The Morgan fingerprint density at radius 3 is 2.12 bits per heavy atom. The van der Waals surface area contributed by atoms with Gasteiger partial charge in [0.25, 0.3) is 0 Å². The molecule has 0 heterocycles. The Morgan fingerprint density at radius 2 is 1.54 bits per heavy atom. The fourth-order valence-corrected chi connectivity index (χ4v) is 4.37. The molecule has 3 heteroatoms. The van der Waals surface area contributed by atoms with Gasteiger partial charge < -0.3 is 9.47 Å². The molecule has 2 aromatic rings. The Hall–Kier alpha value is -2.00. The summed E-state index contributed by atoms with van der Waals surface area (Å²) in [7, 11) is 3.43. The van der Waals surface area contributed by atoms with Gasteiger partial charge in [-0.1, -0.05) is 44.2 Å². The minimum atomic E-state index is 0.379. The van der Waals surface area contributed by atoms with E-state index in [2.05, 4.69) is 61.2 Å². The van der Waals surface area contributed by atoms with Crippen LogP contribution in [-0.2, 0) is 6.42 Å². The van der Waals surface area contributed by atoms with Crippen LogP contribution in [0.4, 0.5) is 0 Å². The summed E-state index contributed by atoms with van der Waals surface area (Å²) in [4.78, 5) is 2.68. The first-order valence-electron chi connectivity index (χ1n) is 9.77. The second kappa shape index (κ2) is 8.59. The van der Waals surface area contributed by atoms with E-state index in [0.29, 0.717) is 12.0 Å². The van der Waals surface area contributed by atoms with Crippen molar-refractivity contribution in [3.8, 4) is 11.5 Å². The maximum Gasteiger partial charge on any atom is 0.161 e. The van der Waals surface area contributed by atoms with Gasteiger partial charge in [-0.3, -0.25) is 4.90 Å². The summed E-state index contributed by atoms with van der Waals surface area (Å²) >= 11 is 0. The molecule has 26 heavy (non-hydrogen) atoms. The molecule has 0 unspecified atom stereocenters. The molecule has 1 aliphatic carbocycles. The molecule has 0 spiro atoms. The first-order chi connectivity index (χ1) is 12.7. The van der Waals surface area contributed by atoms with Gasteiger partial charge in [0.15, 0.2) is 11.5 Å². The van der Waals surface area contributed by atoms with Crippen LogP contribution in [0.1, 0.15) is 49.3 Å². The van der Waals surface area contributed by atoms with Gasteiger partial charge in [0.1, 0.15) is 0 Å². The molecule has 0 aromatic heterocycles. The van der Waals surface area contributed by atoms with Crippen LogP contribution in [-0.4, -0.2) is 38.3 Å². The number of hydrogen-bond donors (Lipinski definition) is 0. The zero-order valence-electron chi connectivity index (χ0n) is 16.5. The average Bonchev–Trinajstić information content (AvgIpc) is 3.05. The van der Waals surface area contributed by atoms with Crippen LogP contribution in [0.25, 0.3) is 0 Å². The number of nitrogens with zero attached hydrogens (tertiary/aromatic N) is 1. The van der Waals surface area contributed by atoms with E-state index in [1.807, 2.05) is 0 Å². The van der Waals surface area contributed by atoms with Crippen molar-refractivity contribution in [3.63, 3.8) is 0 Å². The molecular formula is C23H31NO2. The maximum absolute atomic E-state index is 5.60. The number of methoxy groups -OCH3 is 2. The molecule has 0 saturated carbocycles. The zero-order valence-corrected chi connectivity index (χ0v) is 16.5. The topological polar surface area (TPSA) is 21.7 Å². The van der Waals surface area contributed by atoms with Crippen molar-refractivity contribution >= 4 is 0 Å². The Labute approximate surface area is 157 Å². The SMILES string of the molecule is CCCN(CCC)[C@H]1Cc2cc(OC)c(OC)cc2[C@@H]1c1ccccc1. The van der Waals surface area contributed by atoms with Crippen molar-refractivity contribution in [2.75, 3.05) is 27.3 Å². The molecule has 0 saturated heterocycles. The predicted octanol–water partition coefficient (Wildman–Crippen LogP) is 4.88. The lowest BCUT2D eigenvalue weighted by molar-refractivity contribution is 0.189. The lowest BCUT2D eigenvalue weighted by atomic mass is 9.89. The summed E-state index contributed by atoms with van der Waals surface area (Å²) < 4.78 is 11.2. The lowest BCUT2D eigenvalue weighted by Gasteiger charge is -2.33. The first kappa shape index (κ1) is 18.8. The molecule has 3 rings (SSSR count). The predicted molar refractivity (Wildman–Crippen MR) is 107 cm³/mol. The van der Waals surface area contributed by atoms with Crippen molar-refractivity contribution in [1.82, 2.24) is 4.90 Å². The van der Waals surface area contributed by atoms with E-state index in [-0.39, 0.29) is 0 Å². The average molecular weight is 354 g/mol. The number of benzene rings is 2. The standard InChI is InChI=1S/C23H31NO2/c1-5-12-24(13-6-2)20-14-18-15-21(25-3)22(26-4)16-19(18)23(20)17-10-8-7-9-11-17/h7-11,15-16,20,23H,5-6,12-14H2,1-4H3/t20-,23-/m0/s1. The Balaban J connectivity index is 2.08. The number of hydrogen-bond acceptors (Lipinski definition) is 3. The van der Waals surface area contributed by atoms with Gasteiger partial charge in [0.2, 0.25) is 0 Å². The van der Waals surface area contributed by atoms with Crippen molar-refractivity contribution < 1.29 is 9.47 Å². The lowest BCUT2D eigenvalue weighted by Crippen LogP contribution is -2.39. The second-order valence-corrected chi connectivity index (χ2v) is 7.10. The Morgan fingerprint density at radius 1 is 0.923 bits per heavy atom. The van der Waals surface area contributed by atoms with Gasteiger partial charge in [0.05, 0.1) is 14.2 Å². The molecule has 2 atom stereocenters. The van der Waals surface area contributed by atoms with Gasteiger partial charge in [-0.05, 0) is 61.2 Å². The van der Waals surface area contributed by atoms with Crippen molar-refractivity contribution in [3.05, 3.63) is 59.2 Å². The summed E-state index contributed by atoms with van der Waals surface area (Å²) in [6, 6.07) is 15.8. The fraction of sp³-hybridized carbons (Fsp3) is 0.478. The third-order valence-corrected chi connectivity index (χ3v) is 5.44. The molecule has 140 valence electrons. The summed E-state index contributed by atoms with van der Waals surface area (Å²) in [6.07, 6.45) is 3.43. The van der Waals surface area contributed by atoms with E-state index in [1.165, 1.54) is 29.5 Å². The molecule has 2 aromatic carbocycles. The van der Waals surface area contributed by atoms with Gasteiger partial charge in [-0.25, -0.2) is 0 Å². The summed E-state index contributed by atoms with van der Waals surface area (Å²) in [5.41, 5.74) is 4.16. The van der Waals surface area contributed by atoms with Crippen LogP contribution >= 0.6 is 0 Å². The fourth-order valence-electron chi connectivity index (χ4n) is 4.37. The number of rotatable bonds is 8. The van der Waals surface area contributed by atoms with Crippen molar-refractivity contribution in [2.45, 2.75) is 45.1 Å². The maximum atomic E-state index is 5.60. The van der Waals surface area contributed by atoms with Gasteiger partial charge in [-0.2, -0.15) is 0 Å². The van der Waals surface area contributed by atoms with Crippen LogP contribution in [0.3, 0.4) is 0 Å². The Kier molecular flexibility index (Phi) is 6.20. The molecule has 0 amide bonds. The highest BCUT2D eigenvalue weighted by atomic mass is 16.5. The van der Waals surface area contributed by atoms with E-state index in [4.69, 9.17) is 9.47 Å². The third kappa shape index (κ3) is 3.59. The van der Waals surface area contributed by atoms with Gasteiger partial charge >= 0.3 is 0 Å². The van der Waals surface area contributed by atoms with Gasteiger partial charge in [-0.15, -0.1) is 0 Å². The Bertz CT molecular complexity index is 708. The molecule has 0 aliphatic heterocycles. The first-order valence-corrected chi connectivity index (χ1v) is 9.77. The van der Waals surface area contributed by atoms with E-state index < -0.39 is 0 Å². The molecule has 0 N–H and O–H groups in total. The van der Waals surface area contributed by atoms with E-state index in [1.54, 1.807) is 14.2 Å². The molecular weight excluding hydrogens is 322 g/mol.